The molecule has 0 atom stereocenters. The lowest BCUT2D eigenvalue weighted by atomic mass is 10.4. The average molecular weight is 248 g/mol. The molecule has 2 nitrogen and oxygen atoms in total. The molecule has 50 valence electrons. The van der Waals surface area contributed by atoms with E-state index < -0.39 is 0 Å². The SMILES string of the molecule is N#Cc1ccc(F)c(I)n1. The van der Waals surface area contributed by atoms with Crippen molar-refractivity contribution < 1.29 is 4.39 Å². The second kappa shape index (κ2) is 2.92. The van der Waals surface area contributed by atoms with Crippen LogP contribution in [-0.4, -0.2) is 4.98 Å². The molecule has 1 aromatic rings. The third-order valence-corrected chi connectivity index (χ3v) is 1.67. The molecule has 1 aromatic heterocycles. The van der Waals surface area contributed by atoms with Gasteiger partial charge in [-0.1, -0.05) is 0 Å². The van der Waals surface area contributed by atoms with Crippen molar-refractivity contribution in [3.8, 4) is 6.07 Å². The lowest BCUT2D eigenvalue weighted by Gasteiger charge is -1.90. The molecule has 0 bridgehead atoms. The van der Waals surface area contributed by atoms with Crippen LogP contribution in [-0.2, 0) is 0 Å². The lowest BCUT2D eigenvalue weighted by molar-refractivity contribution is 0.611. The molecule has 1 rings (SSSR count). The maximum absolute atomic E-state index is 12.5. The van der Waals surface area contributed by atoms with Gasteiger partial charge in [-0.15, -0.1) is 0 Å². The summed E-state index contributed by atoms with van der Waals surface area (Å²) < 4.78 is 12.7. The Morgan fingerprint density at radius 1 is 1.60 bits per heavy atom. The highest BCUT2D eigenvalue weighted by Crippen LogP contribution is 2.07. The van der Waals surface area contributed by atoms with Gasteiger partial charge in [-0.25, -0.2) is 9.37 Å². The van der Waals surface area contributed by atoms with Gasteiger partial charge in [-0.3, -0.25) is 0 Å². The Morgan fingerprint density at radius 2 is 2.30 bits per heavy atom. The van der Waals surface area contributed by atoms with Crippen LogP contribution in [0.25, 0.3) is 0 Å². The Hall–Kier alpha value is -0.700. The van der Waals surface area contributed by atoms with Gasteiger partial charge in [-0.05, 0) is 34.7 Å². The molecular weight excluding hydrogens is 246 g/mol. The van der Waals surface area contributed by atoms with Crippen LogP contribution in [0.2, 0.25) is 0 Å². The van der Waals surface area contributed by atoms with Crippen molar-refractivity contribution in [3.05, 3.63) is 27.3 Å². The van der Waals surface area contributed by atoms with Gasteiger partial charge in [0.05, 0.1) is 0 Å². The maximum Gasteiger partial charge on any atom is 0.155 e. The van der Waals surface area contributed by atoms with Gasteiger partial charge in [-0.2, -0.15) is 5.26 Å². The van der Waals surface area contributed by atoms with Gasteiger partial charge < -0.3 is 0 Å². The van der Waals surface area contributed by atoms with Gasteiger partial charge in [0.15, 0.2) is 5.82 Å². The minimum Gasteiger partial charge on any atom is -0.228 e. The van der Waals surface area contributed by atoms with Gasteiger partial charge in [0.2, 0.25) is 0 Å². The minimum absolute atomic E-state index is 0.233. The van der Waals surface area contributed by atoms with Crippen molar-refractivity contribution in [1.29, 1.82) is 5.26 Å². The number of hydrogen-bond acceptors (Lipinski definition) is 2. The number of halogens is 2. The van der Waals surface area contributed by atoms with Crippen molar-refractivity contribution in [2.75, 3.05) is 0 Å². The van der Waals surface area contributed by atoms with Crippen LogP contribution >= 0.6 is 22.6 Å². The number of rotatable bonds is 0. The number of nitrogens with zero attached hydrogens (tertiary/aromatic N) is 2. The van der Waals surface area contributed by atoms with E-state index in [4.69, 9.17) is 5.26 Å². The first kappa shape index (κ1) is 7.41. The second-order valence-electron chi connectivity index (χ2n) is 1.58. The summed E-state index contributed by atoms with van der Waals surface area (Å²) in [6.45, 7) is 0. The van der Waals surface area contributed by atoms with Crippen molar-refractivity contribution in [3.63, 3.8) is 0 Å². The number of hydrogen-bond donors (Lipinski definition) is 0. The zero-order valence-corrected chi connectivity index (χ0v) is 6.96. The third kappa shape index (κ3) is 1.42. The molecule has 0 saturated heterocycles. The Balaban J connectivity index is 3.20. The molecule has 0 aliphatic rings. The highest BCUT2D eigenvalue weighted by molar-refractivity contribution is 14.1. The van der Waals surface area contributed by atoms with Gasteiger partial charge in [0.1, 0.15) is 15.5 Å². The second-order valence-corrected chi connectivity index (χ2v) is 2.60. The maximum atomic E-state index is 12.5. The fraction of sp³-hybridized carbons (Fsp3) is 0. The van der Waals surface area contributed by atoms with E-state index in [1.165, 1.54) is 12.1 Å². The summed E-state index contributed by atoms with van der Waals surface area (Å²) in [5, 5.41) is 8.31. The average Bonchev–Trinajstić information content (AvgIpc) is 1.95. The van der Waals surface area contributed by atoms with E-state index in [0.717, 1.165) is 0 Å². The predicted molar refractivity (Wildman–Crippen MR) is 41.6 cm³/mol. The Kier molecular flexibility index (Phi) is 2.17. The van der Waals surface area contributed by atoms with E-state index in [9.17, 15) is 4.39 Å². The number of nitriles is 1. The molecule has 0 fully saturated rings. The lowest BCUT2D eigenvalue weighted by Crippen LogP contribution is -1.89. The number of pyridine rings is 1. The Bertz CT molecular complexity index is 292. The van der Waals surface area contributed by atoms with E-state index in [0.29, 0.717) is 0 Å². The first-order valence-electron chi connectivity index (χ1n) is 2.46. The molecule has 0 spiro atoms. The van der Waals surface area contributed by atoms with Crippen LogP contribution in [0.1, 0.15) is 5.69 Å². The van der Waals surface area contributed by atoms with Crippen molar-refractivity contribution in [2.45, 2.75) is 0 Å². The van der Waals surface area contributed by atoms with Gasteiger partial charge >= 0.3 is 0 Å². The van der Waals surface area contributed by atoms with E-state index in [1.807, 2.05) is 6.07 Å². The largest absolute Gasteiger partial charge is 0.228 e. The van der Waals surface area contributed by atoms with Crippen LogP contribution in [0.5, 0.6) is 0 Å². The molecule has 4 heteroatoms. The van der Waals surface area contributed by atoms with Crippen molar-refractivity contribution in [1.82, 2.24) is 4.98 Å². The van der Waals surface area contributed by atoms with Crippen LogP contribution in [0, 0.1) is 20.8 Å². The van der Waals surface area contributed by atoms with Crippen molar-refractivity contribution in [2.24, 2.45) is 0 Å². The standard InChI is InChI=1S/C6H2FIN2/c7-5-2-1-4(3-9)10-6(5)8/h1-2H. The van der Waals surface area contributed by atoms with E-state index in [-0.39, 0.29) is 15.2 Å². The van der Waals surface area contributed by atoms with E-state index in [2.05, 4.69) is 4.98 Å². The topological polar surface area (TPSA) is 36.7 Å². The molecule has 0 radical (unpaired) electrons. The number of aromatic nitrogens is 1. The van der Waals surface area contributed by atoms with Crippen LogP contribution < -0.4 is 0 Å². The Morgan fingerprint density at radius 3 is 2.80 bits per heavy atom. The molecule has 0 amide bonds. The fourth-order valence-electron chi connectivity index (χ4n) is 0.480. The van der Waals surface area contributed by atoms with E-state index in [1.54, 1.807) is 22.6 Å². The molecule has 0 saturated carbocycles. The summed E-state index contributed by atoms with van der Waals surface area (Å²) in [5.74, 6) is -0.389. The Labute approximate surface area is 70.8 Å². The quantitative estimate of drug-likeness (QED) is 0.517. The van der Waals surface area contributed by atoms with E-state index >= 15 is 0 Å². The summed E-state index contributed by atoms with van der Waals surface area (Å²) in [6.07, 6.45) is 0. The molecule has 0 unspecified atom stereocenters. The summed E-state index contributed by atoms with van der Waals surface area (Å²) in [5.41, 5.74) is 0.241. The first-order chi connectivity index (χ1) is 4.74. The van der Waals surface area contributed by atoms with Gasteiger partial charge in [0, 0.05) is 0 Å². The van der Waals surface area contributed by atoms with Crippen LogP contribution in [0.4, 0.5) is 4.39 Å². The highest BCUT2D eigenvalue weighted by atomic mass is 127. The molecule has 0 aromatic carbocycles. The van der Waals surface area contributed by atoms with Gasteiger partial charge in [0.25, 0.3) is 0 Å². The summed E-state index contributed by atoms with van der Waals surface area (Å²) >= 11 is 1.74. The predicted octanol–water partition coefficient (Wildman–Crippen LogP) is 1.70. The summed E-state index contributed by atoms with van der Waals surface area (Å²) in [4.78, 5) is 3.64. The molecule has 1 heterocycles. The molecule has 0 N–H and O–H groups in total. The van der Waals surface area contributed by atoms with Crippen LogP contribution in [0.15, 0.2) is 12.1 Å². The molecule has 10 heavy (non-hydrogen) atoms. The molecular formula is C6H2FIN2. The monoisotopic (exact) mass is 248 g/mol. The smallest absolute Gasteiger partial charge is 0.155 e. The molecule has 0 aliphatic carbocycles. The minimum atomic E-state index is -0.389. The normalized spacial score (nSPS) is 8.90. The highest BCUT2D eigenvalue weighted by Gasteiger charge is 1.99. The molecule has 0 aliphatic heterocycles. The zero-order chi connectivity index (χ0) is 7.56. The van der Waals surface area contributed by atoms with Crippen molar-refractivity contribution >= 4 is 22.6 Å². The third-order valence-electron chi connectivity index (χ3n) is 0.918. The first-order valence-corrected chi connectivity index (χ1v) is 3.54. The fourth-order valence-corrected chi connectivity index (χ4v) is 0.919. The zero-order valence-electron chi connectivity index (χ0n) is 4.81. The van der Waals surface area contributed by atoms with Crippen LogP contribution in [0.3, 0.4) is 0 Å². The summed E-state index contributed by atoms with van der Waals surface area (Å²) in [6, 6.07) is 4.39. The summed E-state index contributed by atoms with van der Waals surface area (Å²) in [7, 11) is 0.